The van der Waals surface area contributed by atoms with E-state index in [1.54, 1.807) is 0 Å². The third-order valence-corrected chi connectivity index (χ3v) is 4.14. The summed E-state index contributed by atoms with van der Waals surface area (Å²) in [5, 5.41) is 0.674. The average molecular weight is 258 g/mol. The number of hydrogen-bond acceptors (Lipinski definition) is 2. The summed E-state index contributed by atoms with van der Waals surface area (Å²) in [7, 11) is 0. The van der Waals surface area contributed by atoms with Gasteiger partial charge in [-0.1, -0.05) is 12.1 Å². The zero-order chi connectivity index (χ0) is 13.2. The third kappa shape index (κ3) is 2.54. The van der Waals surface area contributed by atoms with Crippen molar-refractivity contribution in [3.63, 3.8) is 0 Å². The Kier molecular flexibility index (Phi) is 3.34. The van der Waals surface area contributed by atoms with E-state index in [0.29, 0.717) is 11.4 Å². The van der Waals surface area contributed by atoms with E-state index < -0.39 is 0 Å². The average Bonchev–Trinajstić information content (AvgIpc) is 2.42. The van der Waals surface area contributed by atoms with Gasteiger partial charge >= 0.3 is 0 Å². The summed E-state index contributed by atoms with van der Waals surface area (Å²) in [5.41, 5.74) is 0.773. The van der Waals surface area contributed by atoms with E-state index in [9.17, 15) is 4.79 Å². The van der Waals surface area contributed by atoms with E-state index in [1.165, 1.54) is 30.7 Å². The Morgan fingerprint density at radius 2 is 2.21 bits per heavy atom. The van der Waals surface area contributed by atoms with Gasteiger partial charge in [0.2, 0.25) is 0 Å². The first-order valence-electron chi connectivity index (χ1n) is 7.06. The van der Waals surface area contributed by atoms with Gasteiger partial charge < -0.3 is 9.88 Å². The molecule has 0 aliphatic carbocycles. The molecule has 2 aromatic rings. The molecule has 0 amide bonds. The van der Waals surface area contributed by atoms with Crippen molar-refractivity contribution in [2.24, 2.45) is 0 Å². The summed E-state index contributed by atoms with van der Waals surface area (Å²) in [6.45, 7) is 4.28. The van der Waals surface area contributed by atoms with Gasteiger partial charge in [-0.15, -0.1) is 0 Å². The minimum absolute atomic E-state index is 0.0235. The van der Waals surface area contributed by atoms with Gasteiger partial charge in [0.05, 0.1) is 23.5 Å². The monoisotopic (exact) mass is 258 g/mol. The van der Waals surface area contributed by atoms with Gasteiger partial charge in [-0.2, -0.15) is 0 Å². The first-order chi connectivity index (χ1) is 9.24. The van der Waals surface area contributed by atoms with E-state index in [4.69, 9.17) is 0 Å². The second-order valence-corrected chi connectivity index (χ2v) is 5.51. The van der Waals surface area contributed by atoms with Gasteiger partial charge in [0, 0.05) is 0 Å². The molecule has 0 bridgehead atoms. The molecule has 1 aromatic heterocycles. The predicted molar refractivity (Wildman–Crippen MR) is 75.2 cm³/mol. The molecule has 0 radical (unpaired) electrons. The molecule has 1 fully saturated rings. The lowest BCUT2D eigenvalue weighted by Gasteiger charge is -2.29. The SMILES string of the molecule is C[C@H]1CCCC[NH+]1Cc1nc2ccccc2c(=O)[nH]1. The number of rotatable bonds is 2. The number of piperidine rings is 1. The second-order valence-electron chi connectivity index (χ2n) is 5.51. The number of para-hydroxylation sites is 1. The Labute approximate surface area is 112 Å². The molecule has 1 aliphatic rings. The molecule has 2 heterocycles. The maximum atomic E-state index is 12.0. The first kappa shape index (κ1) is 12.4. The maximum Gasteiger partial charge on any atom is 0.258 e. The van der Waals surface area contributed by atoms with Crippen LogP contribution in [0.2, 0.25) is 0 Å². The van der Waals surface area contributed by atoms with E-state index in [1.807, 2.05) is 24.3 Å². The van der Waals surface area contributed by atoms with Crippen LogP contribution < -0.4 is 10.5 Å². The molecule has 1 unspecified atom stereocenters. The van der Waals surface area contributed by atoms with Crippen LogP contribution in [0.25, 0.3) is 10.9 Å². The third-order valence-electron chi connectivity index (χ3n) is 4.14. The van der Waals surface area contributed by atoms with Gasteiger partial charge in [-0.25, -0.2) is 4.98 Å². The smallest absolute Gasteiger partial charge is 0.258 e. The summed E-state index contributed by atoms with van der Waals surface area (Å²) in [5.74, 6) is 0.812. The van der Waals surface area contributed by atoms with Crippen LogP contribution in [0, 0.1) is 0 Å². The standard InChI is InChI=1S/C15H19N3O/c1-11-6-4-5-9-18(11)10-14-16-13-8-3-2-7-12(13)15(19)17-14/h2-3,7-8,11H,4-6,9-10H2,1H3,(H,16,17,19)/p+1/t11-/m0/s1. The molecular weight excluding hydrogens is 238 g/mol. The number of H-pyrrole nitrogens is 1. The largest absolute Gasteiger partial charge is 0.326 e. The van der Waals surface area contributed by atoms with E-state index in [2.05, 4.69) is 16.9 Å². The van der Waals surface area contributed by atoms with Crippen molar-refractivity contribution in [2.45, 2.75) is 38.8 Å². The molecule has 2 atom stereocenters. The molecule has 0 saturated carbocycles. The van der Waals surface area contributed by atoms with Crippen molar-refractivity contribution in [2.75, 3.05) is 6.54 Å². The van der Waals surface area contributed by atoms with Crippen LogP contribution in [-0.2, 0) is 6.54 Å². The van der Waals surface area contributed by atoms with E-state index in [-0.39, 0.29) is 5.56 Å². The van der Waals surface area contributed by atoms with Gasteiger partial charge in [0.15, 0.2) is 5.82 Å². The molecule has 0 spiro atoms. The normalized spacial score (nSPS) is 23.6. The Morgan fingerprint density at radius 1 is 1.37 bits per heavy atom. The highest BCUT2D eigenvalue weighted by atomic mass is 16.1. The van der Waals surface area contributed by atoms with Gasteiger partial charge in [0.25, 0.3) is 5.56 Å². The zero-order valence-corrected chi connectivity index (χ0v) is 11.3. The minimum atomic E-state index is -0.0235. The van der Waals surface area contributed by atoms with Crippen LogP contribution in [0.5, 0.6) is 0 Å². The van der Waals surface area contributed by atoms with Gasteiger partial charge in [-0.05, 0) is 38.3 Å². The molecule has 19 heavy (non-hydrogen) atoms. The molecule has 4 nitrogen and oxygen atoms in total. The minimum Gasteiger partial charge on any atom is -0.326 e. The van der Waals surface area contributed by atoms with Crippen LogP contribution in [0.3, 0.4) is 0 Å². The van der Waals surface area contributed by atoms with Crippen molar-refractivity contribution in [1.29, 1.82) is 0 Å². The second kappa shape index (κ2) is 5.13. The zero-order valence-electron chi connectivity index (χ0n) is 11.3. The van der Waals surface area contributed by atoms with Crippen molar-refractivity contribution in [3.05, 3.63) is 40.4 Å². The molecule has 2 N–H and O–H groups in total. The Bertz CT molecular complexity index is 635. The Balaban J connectivity index is 1.91. The topological polar surface area (TPSA) is 50.2 Å². The molecular formula is C15H20N3O+. The number of benzene rings is 1. The van der Waals surface area contributed by atoms with Crippen LogP contribution in [-0.4, -0.2) is 22.6 Å². The Hall–Kier alpha value is -1.68. The van der Waals surface area contributed by atoms with Crippen molar-refractivity contribution in [3.8, 4) is 0 Å². The Morgan fingerprint density at radius 3 is 3.05 bits per heavy atom. The number of quaternary nitrogens is 1. The van der Waals surface area contributed by atoms with Crippen LogP contribution in [0.15, 0.2) is 29.1 Å². The quantitative estimate of drug-likeness (QED) is 0.840. The number of nitrogens with one attached hydrogen (secondary N) is 2. The van der Waals surface area contributed by atoms with Crippen LogP contribution in [0.1, 0.15) is 32.0 Å². The number of nitrogens with zero attached hydrogens (tertiary/aromatic N) is 1. The predicted octanol–water partition coefficient (Wildman–Crippen LogP) is 0.880. The van der Waals surface area contributed by atoms with Gasteiger partial charge in [0.1, 0.15) is 6.54 Å². The van der Waals surface area contributed by atoms with E-state index >= 15 is 0 Å². The number of hydrogen-bond donors (Lipinski definition) is 2. The highest BCUT2D eigenvalue weighted by molar-refractivity contribution is 5.77. The lowest BCUT2D eigenvalue weighted by atomic mass is 10.0. The molecule has 100 valence electrons. The number of aromatic amines is 1. The van der Waals surface area contributed by atoms with E-state index in [0.717, 1.165) is 17.9 Å². The number of aromatic nitrogens is 2. The summed E-state index contributed by atoms with van der Waals surface area (Å²) < 4.78 is 0. The summed E-state index contributed by atoms with van der Waals surface area (Å²) in [6, 6.07) is 8.18. The number of fused-ring (bicyclic) bond motifs is 1. The fourth-order valence-electron chi connectivity index (χ4n) is 2.95. The van der Waals surface area contributed by atoms with Crippen LogP contribution in [0.4, 0.5) is 0 Å². The van der Waals surface area contributed by atoms with Crippen molar-refractivity contribution >= 4 is 10.9 Å². The number of likely N-dealkylation sites (tertiary alicyclic amines) is 1. The molecule has 1 aromatic carbocycles. The fourth-order valence-corrected chi connectivity index (χ4v) is 2.95. The van der Waals surface area contributed by atoms with Crippen molar-refractivity contribution < 1.29 is 4.90 Å². The molecule has 3 rings (SSSR count). The highest BCUT2D eigenvalue weighted by Gasteiger charge is 2.22. The maximum absolute atomic E-state index is 12.0. The van der Waals surface area contributed by atoms with Gasteiger partial charge in [-0.3, -0.25) is 4.79 Å². The summed E-state index contributed by atoms with van der Waals surface area (Å²) in [6.07, 6.45) is 3.87. The fraction of sp³-hybridized carbons (Fsp3) is 0.467. The summed E-state index contributed by atoms with van der Waals surface area (Å²) >= 11 is 0. The van der Waals surface area contributed by atoms with Crippen molar-refractivity contribution in [1.82, 2.24) is 9.97 Å². The summed E-state index contributed by atoms with van der Waals surface area (Å²) in [4.78, 5) is 21.1. The lowest BCUT2D eigenvalue weighted by molar-refractivity contribution is -0.942. The molecule has 4 heteroatoms. The molecule has 1 saturated heterocycles. The highest BCUT2D eigenvalue weighted by Crippen LogP contribution is 2.06. The first-order valence-corrected chi connectivity index (χ1v) is 7.06. The lowest BCUT2D eigenvalue weighted by Crippen LogP contribution is -3.15. The van der Waals surface area contributed by atoms with Crippen LogP contribution >= 0.6 is 0 Å². The molecule has 1 aliphatic heterocycles.